The summed E-state index contributed by atoms with van der Waals surface area (Å²) in [7, 11) is 0. The zero-order valence-corrected chi connectivity index (χ0v) is 14.9. The zero-order chi connectivity index (χ0) is 14.9. The first-order chi connectivity index (χ1) is 9.40. The quantitative estimate of drug-likeness (QED) is 0.699. The average Bonchev–Trinajstić information content (AvgIpc) is 2.77. The molecule has 1 aromatic heterocycles. The fourth-order valence-corrected chi connectivity index (χ4v) is 2.82. The number of hydrogen-bond donors (Lipinski definition) is 1. The number of aromatic nitrogens is 1. The van der Waals surface area contributed by atoms with Gasteiger partial charge in [0.1, 0.15) is 5.69 Å². The molecule has 6 heteroatoms. The van der Waals surface area contributed by atoms with E-state index in [0.29, 0.717) is 20.9 Å². The van der Waals surface area contributed by atoms with E-state index >= 15 is 0 Å². The van der Waals surface area contributed by atoms with E-state index in [1.807, 2.05) is 24.6 Å². The summed E-state index contributed by atoms with van der Waals surface area (Å²) in [5, 5.41) is 3.42. The Bertz CT molecular complexity index is 653. The molecule has 0 aliphatic rings. The maximum atomic E-state index is 12.4. The Hall–Kier alpha value is -0.780. The topological polar surface area (TPSA) is 34.0 Å². The summed E-state index contributed by atoms with van der Waals surface area (Å²) in [5.41, 5.74) is 1.24. The smallest absolute Gasteiger partial charge is 0.272 e. The van der Waals surface area contributed by atoms with Crippen LogP contribution < -0.4 is 5.32 Å². The van der Waals surface area contributed by atoms with E-state index in [0.717, 1.165) is 4.47 Å². The number of benzene rings is 1. The van der Waals surface area contributed by atoms with E-state index in [1.54, 1.807) is 24.3 Å². The highest BCUT2D eigenvalue weighted by Gasteiger charge is 2.16. The van der Waals surface area contributed by atoms with Gasteiger partial charge in [0, 0.05) is 16.7 Å². The fourth-order valence-electron chi connectivity index (χ4n) is 1.84. The largest absolute Gasteiger partial charge is 0.340 e. The standard InChI is InChI=1S/C14H13Br2ClN2O/c1-8(2)19-7-9(15)6-12(19)14(20)18-11-5-3-4-10(17)13(11)16/h3-8H,1-2H3,(H,18,20). The van der Waals surface area contributed by atoms with Crippen molar-refractivity contribution in [1.82, 2.24) is 4.57 Å². The molecule has 1 amide bonds. The van der Waals surface area contributed by atoms with Crippen molar-refractivity contribution in [2.45, 2.75) is 19.9 Å². The number of carbonyl (C=O) groups excluding carboxylic acids is 1. The first-order valence-electron chi connectivity index (χ1n) is 6.03. The van der Waals surface area contributed by atoms with Crippen LogP contribution in [0.4, 0.5) is 5.69 Å². The predicted molar refractivity (Wildman–Crippen MR) is 89.6 cm³/mol. The second-order valence-corrected chi connectivity index (χ2v) is 6.72. The molecule has 1 aromatic carbocycles. The Morgan fingerprint density at radius 3 is 2.70 bits per heavy atom. The SMILES string of the molecule is CC(C)n1cc(Br)cc1C(=O)Nc1cccc(Cl)c1Br. The van der Waals surface area contributed by atoms with Crippen molar-refractivity contribution < 1.29 is 4.79 Å². The minimum absolute atomic E-state index is 0.174. The van der Waals surface area contributed by atoms with Gasteiger partial charge in [0.2, 0.25) is 0 Å². The van der Waals surface area contributed by atoms with Crippen LogP contribution in [0.1, 0.15) is 30.4 Å². The highest BCUT2D eigenvalue weighted by Crippen LogP contribution is 2.30. The van der Waals surface area contributed by atoms with E-state index in [2.05, 4.69) is 37.2 Å². The third kappa shape index (κ3) is 3.27. The van der Waals surface area contributed by atoms with Crippen molar-refractivity contribution in [3.63, 3.8) is 0 Å². The van der Waals surface area contributed by atoms with E-state index in [4.69, 9.17) is 11.6 Å². The summed E-state index contributed by atoms with van der Waals surface area (Å²) in [5.74, 6) is -0.174. The number of nitrogens with one attached hydrogen (secondary N) is 1. The Morgan fingerprint density at radius 1 is 1.35 bits per heavy atom. The number of anilines is 1. The summed E-state index contributed by atoms with van der Waals surface area (Å²) in [4.78, 5) is 12.4. The number of hydrogen-bond acceptors (Lipinski definition) is 1. The van der Waals surface area contributed by atoms with Crippen LogP contribution >= 0.6 is 43.5 Å². The van der Waals surface area contributed by atoms with Crippen LogP contribution in [-0.4, -0.2) is 10.5 Å². The molecule has 1 heterocycles. The van der Waals surface area contributed by atoms with Crippen LogP contribution in [0.5, 0.6) is 0 Å². The van der Waals surface area contributed by atoms with Gasteiger partial charge in [0.15, 0.2) is 0 Å². The maximum absolute atomic E-state index is 12.4. The van der Waals surface area contributed by atoms with Crippen molar-refractivity contribution in [1.29, 1.82) is 0 Å². The van der Waals surface area contributed by atoms with Crippen molar-refractivity contribution in [3.8, 4) is 0 Å². The van der Waals surface area contributed by atoms with Gasteiger partial charge in [-0.05, 0) is 63.9 Å². The van der Waals surface area contributed by atoms with Crippen LogP contribution in [-0.2, 0) is 0 Å². The second-order valence-electron chi connectivity index (χ2n) is 4.60. The summed E-state index contributed by atoms with van der Waals surface area (Å²) < 4.78 is 3.47. The molecule has 2 aromatic rings. The molecule has 1 N–H and O–H groups in total. The maximum Gasteiger partial charge on any atom is 0.272 e. The van der Waals surface area contributed by atoms with Gasteiger partial charge in [-0.1, -0.05) is 17.7 Å². The van der Waals surface area contributed by atoms with Crippen molar-refractivity contribution in [3.05, 3.63) is 50.1 Å². The van der Waals surface area contributed by atoms with Crippen LogP contribution in [0.15, 0.2) is 39.4 Å². The summed E-state index contributed by atoms with van der Waals surface area (Å²) in [6, 6.07) is 7.35. The molecule has 0 aliphatic carbocycles. The fraction of sp³-hybridized carbons (Fsp3) is 0.214. The molecule has 0 saturated heterocycles. The summed E-state index contributed by atoms with van der Waals surface area (Å²) in [6.07, 6.45) is 1.90. The van der Waals surface area contributed by atoms with Gasteiger partial charge < -0.3 is 9.88 Å². The third-order valence-electron chi connectivity index (χ3n) is 2.80. The lowest BCUT2D eigenvalue weighted by molar-refractivity contribution is 0.101. The number of halogens is 3. The Morgan fingerprint density at radius 2 is 2.05 bits per heavy atom. The minimum Gasteiger partial charge on any atom is -0.340 e. The lowest BCUT2D eigenvalue weighted by atomic mass is 10.3. The van der Waals surface area contributed by atoms with Gasteiger partial charge in [-0.25, -0.2) is 0 Å². The van der Waals surface area contributed by atoms with Crippen LogP contribution in [0, 0.1) is 0 Å². The van der Waals surface area contributed by atoms with E-state index in [9.17, 15) is 4.79 Å². The second kappa shape index (κ2) is 6.33. The van der Waals surface area contributed by atoms with E-state index in [-0.39, 0.29) is 11.9 Å². The molecule has 2 rings (SSSR count). The molecule has 0 bridgehead atoms. The Kier molecular flexibility index (Phi) is 4.94. The van der Waals surface area contributed by atoms with Crippen LogP contribution in [0.2, 0.25) is 5.02 Å². The van der Waals surface area contributed by atoms with Gasteiger partial charge in [0.25, 0.3) is 5.91 Å². The normalized spacial score (nSPS) is 10.9. The number of carbonyl (C=O) groups is 1. The van der Waals surface area contributed by atoms with Crippen molar-refractivity contribution in [2.75, 3.05) is 5.32 Å². The van der Waals surface area contributed by atoms with E-state index in [1.165, 1.54) is 0 Å². The first kappa shape index (κ1) is 15.6. The zero-order valence-electron chi connectivity index (χ0n) is 11.0. The summed E-state index contributed by atoms with van der Waals surface area (Å²) >= 11 is 12.8. The van der Waals surface area contributed by atoms with Gasteiger partial charge in [-0.3, -0.25) is 4.79 Å². The van der Waals surface area contributed by atoms with Crippen molar-refractivity contribution in [2.24, 2.45) is 0 Å². The van der Waals surface area contributed by atoms with Gasteiger partial charge in [-0.15, -0.1) is 0 Å². The van der Waals surface area contributed by atoms with Gasteiger partial charge in [-0.2, -0.15) is 0 Å². The highest BCUT2D eigenvalue weighted by atomic mass is 79.9. The molecule has 0 radical (unpaired) electrons. The number of rotatable bonds is 3. The molecule has 0 spiro atoms. The molecular formula is C14H13Br2ClN2O. The first-order valence-corrected chi connectivity index (χ1v) is 7.99. The highest BCUT2D eigenvalue weighted by molar-refractivity contribution is 9.11. The lowest BCUT2D eigenvalue weighted by Crippen LogP contribution is -2.18. The lowest BCUT2D eigenvalue weighted by Gasteiger charge is -2.13. The molecule has 20 heavy (non-hydrogen) atoms. The summed E-state index contributed by atoms with van der Waals surface area (Å²) in [6.45, 7) is 4.05. The van der Waals surface area contributed by atoms with Crippen LogP contribution in [0.3, 0.4) is 0 Å². The Labute approximate surface area is 139 Å². The van der Waals surface area contributed by atoms with Crippen LogP contribution in [0.25, 0.3) is 0 Å². The molecular weight excluding hydrogens is 407 g/mol. The van der Waals surface area contributed by atoms with Crippen molar-refractivity contribution >= 4 is 55.1 Å². The molecule has 0 fully saturated rings. The van der Waals surface area contributed by atoms with Gasteiger partial charge in [0.05, 0.1) is 15.2 Å². The number of nitrogens with zero attached hydrogens (tertiary/aromatic N) is 1. The molecule has 0 unspecified atom stereocenters. The molecule has 0 saturated carbocycles. The third-order valence-corrected chi connectivity index (χ3v) is 4.64. The van der Waals surface area contributed by atoms with E-state index < -0.39 is 0 Å². The molecule has 3 nitrogen and oxygen atoms in total. The number of amides is 1. The monoisotopic (exact) mass is 418 g/mol. The molecule has 0 aliphatic heterocycles. The minimum atomic E-state index is -0.174. The Balaban J connectivity index is 2.31. The molecule has 106 valence electrons. The predicted octanol–water partition coefficient (Wildman–Crippen LogP) is 5.50. The van der Waals surface area contributed by atoms with Gasteiger partial charge >= 0.3 is 0 Å². The molecule has 0 atom stereocenters. The average molecular weight is 421 g/mol.